The average molecular weight is 317 g/mol. The number of carbonyl (C=O) groups is 1. The molecule has 0 atom stereocenters. The summed E-state index contributed by atoms with van der Waals surface area (Å²) in [7, 11) is 0. The lowest BCUT2D eigenvalue weighted by atomic mass is 9.97. The van der Waals surface area contributed by atoms with Crippen LogP contribution in [0.15, 0.2) is 42.5 Å². The van der Waals surface area contributed by atoms with Crippen LogP contribution in [0.2, 0.25) is 0 Å². The van der Waals surface area contributed by atoms with E-state index in [-0.39, 0.29) is 22.6 Å². The van der Waals surface area contributed by atoms with Crippen LogP contribution >= 0.6 is 11.6 Å². The van der Waals surface area contributed by atoms with Gasteiger partial charge in [-0.15, -0.1) is 11.6 Å². The van der Waals surface area contributed by atoms with E-state index in [1.54, 1.807) is 0 Å². The molecule has 0 N–H and O–H groups in total. The van der Waals surface area contributed by atoms with Crippen molar-refractivity contribution < 1.29 is 22.4 Å². The van der Waals surface area contributed by atoms with Gasteiger partial charge in [-0.3, -0.25) is 4.79 Å². The highest BCUT2D eigenvalue weighted by atomic mass is 35.5. The number of ketones is 1. The quantitative estimate of drug-likeness (QED) is 0.451. The summed E-state index contributed by atoms with van der Waals surface area (Å²) >= 11 is 5.63. The molecule has 0 amide bonds. The van der Waals surface area contributed by atoms with Gasteiger partial charge in [-0.2, -0.15) is 13.2 Å². The third kappa shape index (κ3) is 3.42. The third-order valence-electron chi connectivity index (χ3n) is 2.93. The highest BCUT2D eigenvalue weighted by Gasteiger charge is 2.31. The monoisotopic (exact) mass is 316 g/mol. The Kier molecular flexibility index (Phi) is 4.32. The normalized spacial score (nSPS) is 11.5. The van der Waals surface area contributed by atoms with Gasteiger partial charge < -0.3 is 0 Å². The first-order valence-electron chi connectivity index (χ1n) is 5.89. The van der Waals surface area contributed by atoms with Gasteiger partial charge in [0.05, 0.1) is 5.56 Å². The average Bonchev–Trinajstić information content (AvgIpc) is 2.45. The lowest BCUT2D eigenvalue weighted by molar-refractivity contribution is -0.137. The SMILES string of the molecule is O=C(c1ccc(F)cc1)c1ccc(C(F)(F)F)cc1CCl. The molecule has 0 saturated heterocycles. The Balaban J connectivity index is 2.44. The maximum atomic E-state index is 12.8. The van der Waals surface area contributed by atoms with Gasteiger partial charge in [0.2, 0.25) is 0 Å². The number of rotatable bonds is 3. The van der Waals surface area contributed by atoms with Gasteiger partial charge in [0.25, 0.3) is 0 Å². The molecule has 21 heavy (non-hydrogen) atoms. The number of carbonyl (C=O) groups excluding carboxylic acids is 1. The molecule has 0 bridgehead atoms. The molecule has 0 fully saturated rings. The predicted octanol–water partition coefficient (Wildman–Crippen LogP) is 4.81. The molecule has 0 spiro atoms. The summed E-state index contributed by atoms with van der Waals surface area (Å²) < 4.78 is 50.7. The Labute approximate surface area is 123 Å². The first-order valence-corrected chi connectivity index (χ1v) is 6.42. The zero-order chi connectivity index (χ0) is 15.6. The van der Waals surface area contributed by atoms with Crippen LogP contribution in [0.4, 0.5) is 17.6 Å². The summed E-state index contributed by atoms with van der Waals surface area (Å²) in [4.78, 5) is 12.2. The maximum absolute atomic E-state index is 12.8. The van der Waals surface area contributed by atoms with E-state index in [2.05, 4.69) is 0 Å². The van der Waals surface area contributed by atoms with E-state index in [0.717, 1.165) is 30.3 Å². The second kappa shape index (κ2) is 5.85. The van der Waals surface area contributed by atoms with Crippen molar-refractivity contribution in [3.05, 3.63) is 70.5 Å². The lowest BCUT2D eigenvalue weighted by Gasteiger charge is -2.11. The zero-order valence-corrected chi connectivity index (χ0v) is 11.3. The fourth-order valence-electron chi connectivity index (χ4n) is 1.86. The Morgan fingerprint density at radius 1 is 1.05 bits per heavy atom. The predicted molar refractivity (Wildman–Crippen MR) is 70.8 cm³/mol. The van der Waals surface area contributed by atoms with E-state index >= 15 is 0 Å². The minimum Gasteiger partial charge on any atom is -0.289 e. The van der Waals surface area contributed by atoms with Gasteiger partial charge in [-0.25, -0.2) is 4.39 Å². The van der Waals surface area contributed by atoms with E-state index in [4.69, 9.17) is 11.6 Å². The van der Waals surface area contributed by atoms with Crippen LogP contribution in [0, 0.1) is 5.82 Å². The molecule has 0 unspecified atom stereocenters. The number of benzene rings is 2. The molecular formula is C15H9ClF4O. The largest absolute Gasteiger partial charge is 0.416 e. The fourth-order valence-corrected chi connectivity index (χ4v) is 2.08. The molecule has 2 aromatic rings. The molecule has 0 aliphatic heterocycles. The van der Waals surface area contributed by atoms with Crippen LogP contribution in [-0.4, -0.2) is 5.78 Å². The van der Waals surface area contributed by atoms with Crippen molar-refractivity contribution in [1.82, 2.24) is 0 Å². The number of alkyl halides is 4. The first kappa shape index (κ1) is 15.5. The van der Waals surface area contributed by atoms with Crippen LogP contribution in [0.5, 0.6) is 0 Å². The van der Waals surface area contributed by atoms with Gasteiger partial charge >= 0.3 is 6.18 Å². The van der Waals surface area contributed by atoms with E-state index in [1.165, 1.54) is 12.1 Å². The molecule has 2 rings (SSSR count). The van der Waals surface area contributed by atoms with Gasteiger partial charge in [0.15, 0.2) is 5.78 Å². The molecule has 0 heterocycles. The summed E-state index contributed by atoms with van der Waals surface area (Å²) in [6.45, 7) is 0. The number of hydrogen-bond acceptors (Lipinski definition) is 1. The highest BCUT2D eigenvalue weighted by Crippen LogP contribution is 2.31. The van der Waals surface area contributed by atoms with Crippen molar-refractivity contribution >= 4 is 17.4 Å². The van der Waals surface area contributed by atoms with E-state index in [9.17, 15) is 22.4 Å². The van der Waals surface area contributed by atoms with Crippen molar-refractivity contribution in [3.63, 3.8) is 0 Å². The summed E-state index contributed by atoms with van der Waals surface area (Å²) in [6.07, 6.45) is -4.50. The Morgan fingerprint density at radius 2 is 1.67 bits per heavy atom. The Bertz CT molecular complexity index is 662. The molecule has 2 aromatic carbocycles. The van der Waals surface area contributed by atoms with Crippen LogP contribution in [-0.2, 0) is 12.1 Å². The van der Waals surface area contributed by atoms with Gasteiger partial charge in [-0.1, -0.05) is 6.07 Å². The molecule has 110 valence electrons. The van der Waals surface area contributed by atoms with Gasteiger partial charge in [0.1, 0.15) is 5.82 Å². The summed E-state index contributed by atoms with van der Waals surface area (Å²) in [5, 5.41) is 0. The zero-order valence-electron chi connectivity index (χ0n) is 10.5. The maximum Gasteiger partial charge on any atom is 0.416 e. The van der Waals surface area contributed by atoms with Gasteiger partial charge in [-0.05, 0) is 42.0 Å². The highest BCUT2D eigenvalue weighted by molar-refractivity contribution is 6.18. The summed E-state index contributed by atoms with van der Waals surface area (Å²) in [6, 6.07) is 7.53. The van der Waals surface area contributed by atoms with Crippen LogP contribution in [0.1, 0.15) is 27.0 Å². The minimum absolute atomic E-state index is 0.0737. The summed E-state index contributed by atoms with van der Waals surface area (Å²) in [5.41, 5.74) is -0.526. The molecular weight excluding hydrogens is 308 g/mol. The van der Waals surface area contributed by atoms with Crippen LogP contribution in [0.3, 0.4) is 0 Å². The van der Waals surface area contributed by atoms with Crippen LogP contribution < -0.4 is 0 Å². The first-order chi connectivity index (χ1) is 9.82. The van der Waals surface area contributed by atoms with Crippen molar-refractivity contribution in [3.8, 4) is 0 Å². The third-order valence-corrected chi connectivity index (χ3v) is 3.22. The van der Waals surface area contributed by atoms with Crippen molar-refractivity contribution in [2.45, 2.75) is 12.1 Å². The van der Waals surface area contributed by atoms with E-state index in [0.29, 0.717) is 0 Å². The van der Waals surface area contributed by atoms with E-state index < -0.39 is 23.3 Å². The standard InChI is InChI=1S/C15H9ClF4O/c16-8-10-7-11(15(18,19)20)3-6-13(10)14(21)9-1-4-12(17)5-2-9/h1-7H,8H2. The molecule has 0 radical (unpaired) electrons. The topological polar surface area (TPSA) is 17.1 Å². The molecule has 0 saturated carbocycles. The lowest BCUT2D eigenvalue weighted by Crippen LogP contribution is -2.10. The Hall–Kier alpha value is -1.88. The molecule has 0 aromatic heterocycles. The minimum atomic E-state index is -4.50. The van der Waals surface area contributed by atoms with Crippen molar-refractivity contribution in [1.29, 1.82) is 0 Å². The molecule has 1 nitrogen and oxygen atoms in total. The van der Waals surface area contributed by atoms with Crippen LogP contribution in [0.25, 0.3) is 0 Å². The van der Waals surface area contributed by atoms with Crippen molar-refractivity contribution in [2.75, 3.05) is 0 Å². The fraction of sp³-hybridized carbons (Fsp3) is 0.133. The molecule has 6 heteroatoms. The second-order valence-corrected chi connectivity index (χ2v) is 4.61. The second-order valence-electron chi connectivity index (χ2n) is 4.34. The smallest absolute Gasteiger partial charge is 0.289 e. The van der Waals surface area contributed by atoms with Gasteiger partial charge in [0, 0.05) is 17.0 Å². The van der Waals surface area contributed by atoms with E-state index in [1.807, 2.05) is 0 Å². The number of halogens is 5. The number of hydrogen-bond donors (Lipinski definition) is 0. The molecule has 0 aliphatic rings. The van der Waals surface area contributed by atoms with Crippen molar-refractivity contribution in [2.24, 2.45) is 0 Å². The Morgan fingerprint density at radius 3 is 2.19 bits per heavy atom. The summed E-state index contributed by atoms with van der Waals surface area (Å²) in [5.74, 6) is -1.23. The molecule has 0 aliphatic carbocycles.